The Hall–Kier alpha value is -2.54. The summed E-state index contributed by atoms with van der Waals surface area (Å²) < 4.78 is 17.7. The van der Waals surface area contributed by atoms with E-state index in [0.29, 0.717) is 31.1 Å². The van der Waals surface area contributed by atoms with Crippen LogP contribution >= 0.6 is 0 Å². The molecule has 2 aliphatic heterocycles. The van der Waals surface area contributed by atoms with Crippen molar-refractivity contribution < 1.29 is 14.2 Å². The normalized spacial score (nSPS) is 25.6. The first-order chi connectivity index (χ1) is 15.2. The van der Waals surface area contributed by atoms with Crippen molar-refractivity contribution in [1.29, 1.82) is 0 Å². The number of rotatable bonds is 5. The second-order valence-electron chi connectivity index (χ2n) is 9.07. The molecule has 31 heavy (non-hydrogen) atoms. The molecular formula is C24H32N4O3. The fourth-order valence-electron chi connectivity index (χ4n) is 4.60. The molecule has 3 aliphatic rings. The lowest BCUT2D eigenvalue weighted by molar-refractivity contribution is 0.138. The van der Waals surface area contributed by atoms with Crippen molar-refractivity contribution in [3.05, 3.63) is 24.4 Å². The first-order valence-corrected chi connectivity index (χ1v) is 11.5. The fourth-order valence-corrected chi connectivity index (χ4v) is 4.60. The van der Waals surface area contributed by atoms with Crippen molar-refractivity contribution in [2.75, 3.05) is 43.6 Å². The van der Waals surface area contributed by atoms with Crippen LogP contribution in [0.3, 0.4) is 0 Å². The molecule has 7 heteroatoms. The van der Waals surface area contributed by atoms with Gasteiger partial charge in [0.05, 0.1) is 31.0 Å². The third-order valence-electron chi connectivity index (χ3n) is 6.64. The van der Waals surface area contributed by atoms with Gasteiger partial charge in [-0.15, -0.1) is 0 Å². The third-order valence-corrected chi connectivity index (χ3v) is 6.64. The second-order valence-corrected chi connectivity index (χ2v) is 9.07. The summed E-state index contributed by atoms with van der Waals surface area (Å²) in [6.07, 6.45) is 7.61. The molecule has 0 radical (unpaired) electrons. The van der Waals surface area contributed by atoms with Crippen molar-refractivity contribution in [3.63, 3.8) is 0 Å². The molecule has 7 nitrogen and oxygen atoms in total. The van der Waals surface area contributed by atoms with Crippen LogP contribution in [0.4, 0.5) is 11.6 Å². The van der Waals surface area contributed by atoms with Gasteiger partial charge in [0, 0.05) is 25.7 Å². The predicted octanol–water partition coefficient (Wildman–Crippen LogP) is 4.13. The molecule has 0 amide bonds. The maximum atomic E-state index is 6.31. The summed E-state index contributed by atoms with van der Waals surface area (Å²) in [4.78, 5) is 11.7. The Labute approximate surface area is 184 Å². The van der Waals surface area contributed by atoms with Crippen LogP contribution in [-0.4, -0.2) is 55.5 Å². The smallest absolute Gasteiger partial charge is 0.226 e. The molecule has 1 unspecified atom stereocenters. The zero-order valence-electron chi connectivity index (χ0n) is 18.5. The summed E-state index contributed by atoms with van der Waals surface area (Å²) >= 11 is 0. The quantitative estimate of drug-likeness (QED) is 0.774. The SMILES string of the molecule is CC1CCC(Nc2ncc(-c3ccc4c(c3)OCCN4C)c(OC3CCOC3)n2)CC1. The molecule has 1 saturated heterocycles. The Bertz CT molecular complexity index is 908. The van der Waals surface area contributed by atoms with Crippen LogP contribution in [0.2, 0.25) is 0 Å². The maximum absolute atomic E-state index is 6.31. The van der Waals surface area contributed by atoms with Gasteiger partial charge in [0.15, 0.2) is 0 Å². The number of aromatic nitrogens is 2. The molecule has 1 N–H and O–H groups in total. The summed E-state index contributed by atoms with van der Waals surface area (Å²) in [5.41, 5.74) is 2.99. The summed E-state index contributed by atoms with van der Waals surface area (Å²) in [7, 11) is 2.09. The van der Waals surface area contributed by atoms with E-state index in [1.165, 1.54) is 12.8 Å². The first kappa shape index (κ1) is 20.4. The Morgan fingerprint density at radius 3 is 2.81 bits per heavy atom. The largest absolute Gasteiger partial charge is 0.490 e. The molecule has 2 fully saturated rings. The Morgan fingerprint density at radius 1 is 1.13 bits per heavy atom. The molecule has 1 atom stereocenters. The van der Waals surface area contributed by atoms with Crippen molar-refractivity contribution in [2.24, 2.45) is 5.92 Å². The van der Waals surface area contributed by atoms with Crippen LogP contribution < -0.4 is 19.7 Å². The average molecular weight is 425 g/mol. The number of fused-ring (bicyclic) bond motifs is 1. The highest BCUT2D eigenvalue weighted by Gasteiger charge is 2.24. The van der Waals surface area contributed by atoms with Crippen molar-refractivity contribution in [2.45, 2.75) is 51.2 Å². The minimum Gasteiger partial charge on any atom is -0.490 e. The number of ether oxygens (including phenoxy) is 3. The molecule has 3 heterocycles. The molecule has 0 spiro atoms. The van der Waals surface area contributed by atoms with Crippen LogP contribution in [0.1, 0.15) is 39.0 Å². The van der Waals surface area contributed by atoms with Crippen LogP contribution in [0.5, 0.6) is 11.6 Å². The minimum absolute atomic E-state index is 0.0250. The Kier molecular flexibility index (Phi) is 5.85. The number of nitrogens with one attached hydrogen (secondary N) is 1. The topological polar surface area (TPSA) is 68.7 Å². The lowest BCUT2D eigenvalue weighted by atomic mass is 9.87. The van der Waals surface area contributed by atoms with Gasteiger partial charge < -0.3 is 24.4 Å². The van der Waals surface area contributed by atoms with Crippen LogP contribution in [0.25, 0.3) is 11.1 Å². The van der Waals surface area contributed by atoms with E-state index in [2.05, 4.69) is 47.4 Å². The second kappa shape index (κ2) is 8.91. The van der Waals surface area contributed by atoms with Gasteiger partial charge in [-0.3, -0.25) is 0 Å². The molecular weight excluding hydrogens is 392 g/mol. The maximum Gasteiger partial charge on any atom is 0.226 e. The van der Waals surface area contributed by atoms with E-state index in [9.17, 15) is 0 Å². The summed E-state index contributed by atoms with van der Waals surface area (Å²) in [6, 6.07) is 6.69. The monoisotopic (exact) mass is 424 g/mol. The van der Waals surface area contributed by atoms with Gasteiger partial charge in [-0.25, -0.2) is 4.98 Å². The molecule has 2 aromatic rings. The highest BCUT2D eigenvalue weighted by molar-refractivity contribution is 5.74. The molecule has 5 rings (SSSR count). The molecule has 1 aromatic carbocycles. The van der Waals surface area contributed by atoms with E-state index in [1.807, 2.05) is 6.20 Å². The van der Waals surface area contributed by atoms with Gasteiger partial charge in [-0.05, 0) is 49.3 Å². The predicted molar refractivity (Wildman–Crippen MR) is 121 cm³/mol. The Morgan fingerprint density at radius 2 is 2.00 bits per heavy atom. The minimum atomic E-state index is 0.0250. The van der Waals surface area contributed by atoms with E-state index < -0.39 is 0 Å². The van der Waals surface area contributed by atoms with E-state index in [4.69, 9.17) is 19.2 Å². The third kappa shape index (κ3) is 4.56. The lowest BCUT2D eigenvalue weighted by Crippen LogP contribution is -2.28. The van der Waals surface area contributed by atoms with Crippen LogP contribution in [0, 0.1) is 5.92 Å². The molecule has 1 aromatic heterocycles. The standard InChI is InChI=1S/C24H32N4O3/c1-16-3-6-18(7-4-16)26-24-25-14-20(23(27-24)31-19-9-11-29-15-19)17-5-8-21-22(13-17)30-12-10-28(21)2/h5,8,13-14,16,18-19H,3-4,6-7,9-12,15H2,1-2H3,(H,25,26,27). The number of hydrogen-bond acceptors (Lipinski definition) is 7. The van der Waals surface area contributed by atoms with Crippen molar-refractivity contribution in [1.82, 2.24) is 9.97 Å². The van der Waals surface area contributed by atoms with Gasteiger partial charge in [-0.1, -0.05) is 13.0 Å². The van der Waals surface area contributed by atoms with E-state index in [0.717, 1.165) is 60.9 Å². The van der Waals surface area contributed by atoms with Crippen LogP contribution in [0.15, 0.2) is 24.4 Å². The zero-order valence-corrected chi connectivity index (χ0v) is 18.5. The van der Waals surface area contributed by atoms with Crippen molar-refractivity contribution >= 4 is 11.6 Å². The number of nitrogens with zero attached hydrogens (tertiary/aromatic N) is 3. The first-order valence-electron chi connectivity index (χ1n) is 11.5. The summed E-state index contributed by atoms with van der Waals surface area (Å²) in [5.74, 6) is 2.96. The summed E-state index contributed by atoms with van der Waals surface area (Å²) in [5, 5.41) is 3.54. The number of likely N-dealkylation sites (N-methyl/N-ethyl adjacent to an activating group) is 1. The highest BCUT2D eigenvalue weighted by Crippen LogP contribution is 2.38. The van der Waals surface area contributed by atoms with Crippen LogP contribution in [-0.2, 0) is 4.74 Å². The van der Waals surface area contributed by atoms with Gasteiger partial charge in [0.2, 0.25) is 11.8 Å². The molecule has 1 saturated carbocycles. The van der Waals surface area contributed by atoms with Gasteiger partial charge in [0.25, 0.3) is 0 Å². The van der Waals surface area contributed by atoms with Gasteiger partial charge >= 0.3 is 0 Å². The molecule has 0 bridgehead atoms. The summed E-state index contributed by atoms with van der Waals surface area (Å²) in [6.45, 7) is 5.25. The molecule has 166 valence electrons. The van der Waals surface area contributed by atoms with Gasteiger partial charge in [-0.2, -0.15) is 4.98 Å². The van der Waals surface area contributed by atoms with E-state index in [1.54, 1.807) is 0 Å². The van der Waals surface area contributed by atoms with Crippen molar-refractivity contribution in [3.8, 4) is 22.8 Å². The highest BCUT2D eigenvalue weighted by atomic mass is 16.5. The fraction of sp³-hybridized carbons (Fsp3) is 0.583. The van der Waals surface area contributed by atoms with E-state index >= 15 is 0 Å². The average Bonchev–Trinajstić information content (AvgIpc) is 3.29. The zero-order chi connectivity index (χ0) is 21.2. The number of hydrogen-bond donors (Lipinski definition) is 1. The van der Waals surface area contributed by atoms with E-state index in [-0.39, 0.29) is 6.10 Å². The molecule has 1 aliphatic carbocycles. The number of anilines is 2. The lowest BCUT2D eigenvalue weighted by Gasteiger charge is -2.28. The van der Waals surface area contributed by atoms with Gasteiger partial charge in [0.1, 0.15) is 18.5 Å². The Balaban J connectivity index is 1.43. The number of benzene rings is 1.